The minimum absolute atomic E-state index is 0.0552. The highest BCUT2D eigenvalue weighted by Gasteiger charge is 2.41. The number of unbranched alkanes of at least 4 members (excludes halogenated alkanes) is 8. The van der Waals surface area contributed by atoms with E-state index in [4.69, 9.17) is 14.2 Å². The summed E-state index contributed by atoms with van der Waals surface area (Å²) in [6, 6.07) is 0. The van der Waals surface area contributed by atoms with Gasteiger partial charge < -0.3 is 19.5 Å². The minimum Gasteiger partial charge on any atom is -0.466 e. The zero-order valence-corrected chi connectivity index (χ0v) is 30.9. The normalized spacial score (nSPS) is 19.5. The third-order valence-corrected chi connectivity index (χ3v) is 10.9. The third kappa shape index (κ3) is 19.8. The number of carbonyl (C=O) groups is 3. The summed E-state index contributed by atoms with van der Waals surface area (Å²) >= 11 is 0. The van der Waals surface area contributed by atoms with Gasteiger partial charge in [-0.25, -0.2) is 0 Å². The van der Waals surface area contributed by atoms with Crippen molar-refractivity contribution in [3.8, 4) is 0 Å². The van der Waals surface area contributed by atoms with Crippen molar-refractivity contribution < 1.29 is 28.6 Å². The van der Waals surface area contributed by atoms with Crippen molar-refractivity contribution in [3.63, 3.8) is 0 Å². The first-order valence-electron chi connectivity index (χ1n) is 20.0. The van der Waals surface area contributed by atoms with Crippen molar-refractivity contribution in [2.45, 2.75) is 193 Å². The highest BCUT2D eigenvalue weighted by atomic mass is 16.5. The maximum Gasteiger partial charge on any atom is 0.306 e. The molecule has 7 heteroatoms. The Kier molecular flexibility index (Phi) is 23.2. The highest BCUT2D eigenvalue weighted by molar-refractivity contribution is 5.70. The number of ether oxygens (including phenoxy) is 3. The first kappa shape index (κ1) is 41.5. The van der Waals surface area contributed by atoms with Gasteiger partial charge in [-0.15, -0.1) is 0 Å². The van der Waals surface area contributed by atoms with Crippen LogP contribution < -0.4 is 5.32 Å². The van der Waals surface area contributed by atoms with E-state index in [-0.39, 0.29) is 29.4 Å². The Morgan fingerprint density at radius 3 is 1.85 bits per heavy atom. The molecule has 1 unspecified atom stereocenters. The summed E-state index contributed by atoms with van der Waals surface area (Å²) in [6.07, 6.45) is 27.8. The van der Waals surface area contributed by atoms with Crippen LogP contribution in [0.4, 0.5) is 0 Å². The van der Waals surface area contributed by atoms with Crippen LogP contribution in [0.1, 0.15) is 187 Å². The summed E-state index contributed by atoms with van der Waals surface area (Å²) in [7, 11) is 1.88. The topological polar surface area (TPSA) is 90.9 Å². The number of fused-ring (bicyclic) bond motifs is 3. The second-order valence-electron chi connectivity index (χ2n) is 15.0. The first-order valence-corrected chi connectivity index (χ1v) is 20.0. The summed E-state index contributed by atoms with van der Waals surface area (Å²) in [5, 5.41) is 3.08. The van der Waals surface area contributed by atoms with Gasteiger partial charge in [0.1, 0.15) is 6.10 Å². The second kappa shape index (κ2) is 26.3. The number of carbonyl (C=O) groups excluding carboxylic acids is 3. The molecule has 1 N–H and O–H groups in total. The molecule has 3 aliphatic rings. The molecular weight excluding hydrogens is 590 g/mol. The summed E-state index contributed by atoms with van der Waals surface area (Å²) in [5.74, 6) is 1.28. The van der Waals surface area contributed by atoms with Gasteiger partial charge in [-0.1, -0.05) is 84.5 Å². The van der Waals surface area contributed by atoms with Gasteiger partial charge >= 0.3 is 17.9 Å². The highest BCUT2D eigenvalue weighted by Crippen LogP contribution is 2.50. The molecule has 0 heterocycles. The summed E-state index contributed by atoms with van der Waals surface area (Å²) < 4.78 is 17.2. The van der Waals surface area contributed by atoms with Gasteiger partial charge in [0.25, 0.3) is 0 Å². The molecule has 0 amide bonds. The quantitative estimate of drug-likeness (QED) is 0.0465. The molecule has 0 aromatic heterocycles. The summed E-state index contributed by atoms with van der Waals surface area (Å²) in [5.41, 5.74) is 0.237. The van der Waals surface area contributed by atoms with Gasteiger partial charge in [-0.05, 0) is 109 Å². The van der Waals surface area contributed by atoms with Crippen molar-refractivity contribution in [1.82, 2.24) is 5.32 Å². The smallest absolute Gasteiger partial charge is 0.306 e. The van der Waals surface area contributed by atoms with Crippen LogP contribution in [-0.4, -0.2) is 50.8 Å². The van der Waals surface area contributed by atoms with E-state index in [1.54, 1.807) is 0 Å². The average Bonchev–Trinajstić information content (AvgIpc) is 3.07. The maximum atomic E-state index is 12.6. The molecule has 7 nitrogen and oxygen atoms in total. The van der Waals surface area contributed by atoms with E-state index in [9.17, 15) is 14.4 Å². The number of nitrogens with one attached hydrogen (secondary N) is 1. The van der Waals surface area contributed by atoms with Gasteiger partial charge in [-0.2, -0.15) is 0 Å². The minimum atomic E-state index is -0.153. The zero-order valence-electron chi connectivity index (χ0n) is 30.9. The molecule has 1 atom stereocenters. The Bertz CT molecular complexity index is 800. The van der Waals surface area contributed by atoms with E-state index < -0.39 is 0 Å². The Morgan fingerprint density at radius 1 is 0.638 bits per heavy atom. The van der Waals surface area contributed by atoms with E-state index in [0.29, 0.717) is 51.2 Å². The fraction of sp³-hybridized carbons (Fsp3) is 0.925. The lowest BCUT2D eigenvalue weighted by Crippen LogP contribution is -2.38. The Balaban J connectivity index is 1.59. The van der Waals surface area contributed by atoms with Gasteiger partial charge in [0.05, 0.1) is 13.2 Å². The van der Waals surface area contributed by atoms with Gasteiger partial charge in [0.15, 0.2) is 0 Å². The van der Waals surface area contributed by atoms with E-state index in [1.807, 2.05) is 7.05 Å². The van der Waals surface area contributed by atoms with Crippen molar-refractivity contribution in [2.24, 2.45) is 17.3 Å². The molecule has 3 fully saturated rings. The van der Waals surface area contributed by atoms with Crippen molar-refractivity contribution >= 4 is 17.9 Å². The van der Waals surface area contributed by atoms with Crippen LogP contribution in [0.3, 0.4) is 0 Å². The predicted octanol–water partition coefficient (Wildman–Crippen LogP) is 10.0. The fourth-order valence-electron chi connectivity index (χ4n) is 7.63. The van der Waals surface area contributed by atoms with Crippen LogP contribution >= 0.6 is 0 Å². The van der Waals surface area contributed by atoms with Gasteiger partial charge in [0.2, 0.25) is 0 Å². The third-order valence-electron chi connectivity index (χ3n) is 10.9. The van der Waals surface area contributed by atoms with Crippen LogP contribution in [-0.2, 0) is 28.6 Å². The van der Waals surface area contributed by atoms with Crippen LogP contribution in [0.5, 0.6) is 0 Å². The Morgan fingerprint density at radius 2 is 1.19 bits per heavy atom. The molecule has 47 heavy (non-hydrogen) atoms. The molecule has 0 spiro atoms. The van der Waals surface area contributed by atoms with E-state index in [2.05, 4.69) is 19.2 Å². The van der Waals surface area contributed by atoms with Crippen LogP contribution in [0, 0.1) is 17.3 Å². The molecule has 0 saturated heterocycles. The number of hydrogen-bond acceptors (Lipinski definition) is 7. The standard InChI is InChI=1S/C40H73NO6/c1-4-6-11-17-34(18-12-7-5-2)27-32-45-37(42)21-14-10-8-9-13-19-36(47-39(44)23-16-31-41-3)20-15-22-38(43)46-33-40-28-24-35(25-29-40)26-30-40/h34-36,41H,4-33H2,1-3H3. The molecule has 3 rings (SSSR count). The monoisotopic (exact) mass is 664 g/mol. The Hall–Kier alpha value is -1.63. The van der Waals surface area contributed by atoms with E-state index in [0.717, 1.165) is 63.8 Å². The molecule has 0 aromatic rings. The number of hydrogen-bond donors (Lipinski definition) is 1. The molecule has 2 bridgehead atoms. The summed E-state index contributed by atoms with van der Waals surface area (Å²) in [6.45, 7) is 6.44. The molecule has 3 aliphatic carbocycles. The molecule has 0 aliphatic heterocycles. The van der Waals surface area contributed by atoms with Crippen molar-refractivity contribution in [3.05, 3.63) is 0 Å². The molecular formula is C40H73NO6. The molecule has 0 aromatic carbocycles. The maximum absolute atomic E-state index is 12.6. The fourth-order valence-corrected chi connectivity index (χ4v) is 7.63. The summed E-state index contributed by atoms with van der Waals surface area (Å²) in [4.78, 5) is 37.3. The first-order chi connectivity index (χ1) is 22.9. The predicted molar refractivity (Wildman–Crippen MR) is 191 cm³/mol. The number of rotatable bonds is 30. The Labute approximate surface area is 288 Å². The van der Waals surface area contributed by atoms with E-state index in [1.165, 1.54) is 89.9 Å². The van der Waals surface area contributed by atoms with Crippen LogP contribution in [0.2, 0.25) is 0 Å². The van der Waals surface area contributed by atoms with Crippen molar-refractivity contribution in [1.29, 1.82) is 0 Å². The van der Waals surface area contributed by atoms with Gasteiger partial charge in [0, 0.05) is 24.7 Å². The van der Waals surface area contributed by atoms with Crippen LogP contribution in [0.25, 0.3) is 0 Å². The molecule has 274 valence electrons. The SMILES string of the molecule is CCCCCC(CCCCC)CCOC(=O)CCCCCCCC(CCCC(=O)OCC12CCC(CC1)CC2)OC(=O)CCCNC. The zero-order chi connectivity index (χ0) is 34.0. The van der Waals surface area contributed by atoms with Crippen molar-refractivity contribution in [2.75, 3.05) is 26.8 Å². The lowest BCUT2D eigenvalue weighted by atomic mass is 9.61. The number of esters is 3. The average molecular weight is 664 g/mol. The largest absolute Gasteiger partial charge is 0.466 e. The second-order valence-corrected chi connectivity index (χ2v) is 15.0. The molecule has 0 radical (unpaired) electrons. The van der Waals surface area contributed by atoms with E-state index >= 15 is 0 Å². The van der Waals surface area contributed by atoms with Crippen LogP contribution in [0.15, 0.2) is 0 Å². The lowest BCUT2D eigenvalue weighted by Gasteiger charge is -2.46. The lowest BCUT2D eigenvalue weighted by molar-refractivity contribution is -0.151. The van der Waals surface area contributed by atoms with Gasteiger partial charge in [-0.3, -0.25) is 14.4 Å². The molecule has 3 saturated carbocycles.